The van der Waals surface area contributed by atoms with Gasteiger partial charge in [-0.2, -0.15) is 0 Å². The van der Waals surface area contributed by atoms with E-state index in [4.69, 9.17) is 0 Å². The van der Waals surface area contributed by atoms with Crippen LogP contribution in [0.5, 0.6) is 0 Å². The Balaban J connectivity index is 1.51. The zero-order valence-corrected chi connectivity index (χ0v) is 30.9. The SMILES string of the molecule is CCC(C)C(c1ccc2c(c1)C(C)(C)C(C)(C)c1cc3c(cc1-2)C(C)(C)C(C)(C)c1ccc2ccccc2c1-3)c1ccc(C)cc1C. The van der Waals surface area contributed by atoms with Gasteiger partial charge in [0.05, 0.1) is 0 Å². The highest BCUT2D eigenvalue weighted by molar-refractivity contribution is 6.02. The normalized spacial score (nSPS) is 19.2. The monoisotopic (exact) mass is 618 g/mol. The summed E-state index contributed by atoms with van der Waals surface area (Å²) >= 11 is 0. The molecule has 0 spiro atoms. The third-order valence-corrected chi connectivity index (χ3v) is 13.8. The number of hydrogen-bond acceptors (Lipinski definition) is 0. The van der Waals surface area contributed by atoms with E-state index in [1.54, 1.807) is 0 Å². The van der Waals surface area contributed by atoms with Gasteiger partial charge in [0.1, 0.15) is 0 Å². The minimum absolute atomic E-state index is 0.0286. The molecule has 0 heterocycles. The zero-order valence-electron chi connectivity index (χ0n) is 30.9. The van der Waals surface area contributed by atoms with Gasteiger partial charge in [0.25, 0.3) is 0 Å². The third-order valence-electron chi connectivity index (χ3n) is 13.8. The van der Waals surface area contributed by atoms with Gasteiger partial charge in [0, 0.05) is 5.92 Å². The van der Waals surface area contributed by atoms with Crippen LogP contribution >= 0.6 is 0 Å². The van der Waals surface area contributed by atoms with E-state index in [0.717, 1.165) is 6.42 Å². The van der Waals surface area contributed by atoms with E-state index in [-0.39, 0.29) is 21.7 Å². The molecule has 7 rings (SSSR count). The fourth-order valence-corrected chi connectivity index (χ4v) is 9.22. The number of aryl methyl sites for hydroxylation is 2. The topological polar surface area (TPSA) is 0 Å². The molecule has 242 valence electrons. The van der Waals surface area contributed by atoms with E-state index in [1.807, 2.05) is 0 Å². The second kappa shape index (κ2) is 10.4. The first kappa shape index (κ1) is 31.9. The minimum Gasteiger partial charge on any atom is -0.0651 e. The summed E-state index contributed by atoms with van der Waals surface area (Å²) in [7, 11) is 0. The van der Waals surface area contributed by atoms with E-state index in [9.17, 15) is 0 Å². The van der Waals surface area contributed by atoms with E-state index in [0.29, 0.717) is 11.8 Å². The van der Waals surface area contributed by atoms with Crippen molar-refractivity contribution >= 4 is 10.8 Å². The summed E-state index contributed by atoms with van der Waals surface area (Å²) in [5.74, 6) is 0.922. The molecule has 5 aromatic carbocycles. The van der Waals surface area contributed by atoms with Crippen molar-refractivity contribution in [2.45, 2.75) is 117 Å². The van der Waals surface area contributed by atoms with Crippen LogP contribution in [0.4, 0.5) is 0 Å². The van der Waals surface area contributed by atoms with E-state index in [1.165, 1.54) is 77.5 Å². The summed E-state index contributed by atoms with van der Waals surface area (Å²) in [5.41, 5.74) is 17.1. The van der Waals surface area contributed by atoms with Gasteiger partial charge in [-0.3, -0.25) is 0 Å². The van der Waals surface area contributed by atoms with Crippen LogP contribution in [-0.4, -0.2) is 0 Å². The lowest BCUT2D eigenvalue weighted by Crippen LogP contribution is -2.46. The van der Waals surface area contributed by atoms with Crippen molar-refractivity contribution in [3.63, 3.8) is 0 Å². The molecular formula is C47H54. The van der Waals surface area contributed by atoms with Gasteiger partial charge in [0.2, 0.25) is 0 Å². The van der Waals surface area contributed by atoms with Crippen LogP contribution in [0.25, 0.3) is 33.0 Å². The maximum atomic E-state index is 2.61. The van der Waals surface area contributed by atoms with Gasteiger partial charge in [-0.05, 0) is 126 Å². The second-order valence-corrected chi connectivity index (χ2v) is 17.2. The quantitative estimate of drug-likeness (QED) is 0.188. The molecular weight excluding hydrogens is 565 g/mol. The standard InChI is InChI=1S/C47H54/c1-13-29(3)42(33-21-18-28(2)24-30(33)4)32-19-22-35-36-26-41-37(27-40(36)46(9,10)45(7,8)39(35)25-32)43-34-17-15-14-16-31(34)20-23-38(43)44(5,6)47(41,11)12/h14-27,29,42H,13H2,1-12H3. The summed E-state index contributed by atoms with van der Waals surface area (Å²) in [4.78, 5) is 0. The summed E-state index contributed by atoms with van der Waals surface area (Å²) < 4.78 is 0. The number of rotatable bonds is 4. The Morgan fingerprint density at radius 1 is 0.553 bits per heavy atom. The zero-order chi connectivity index (χ0) is 33.8. The predicted molar refractivity (Wildman–Crippen MR) is 204 cm³/mol. The Morgan fingerprint density at radius 2 is 1.15 bits per heavy atom. The van der Waals surface area contributed by atoms with E-state index >= 15 is 0 Å². The first-order chi connectivity index (χ1) is 22.0. The molecule has 2 aliphatic carbocycles. The Kier molecular flexibility index (Phi) is 7.09. The van der Waals surface area contributed by atoms with E-state index < -0.39 is 0 Å². The van der Waals surface area contributed by atoms with Crippen LogP contribution in [0.3, 0.4) is 0 Å². The highest BCUT2D eigenvalue weighted by Crippen LogP contribution is 2.60. The third kappa shape index (κ3) is 4.32. The van der Waals surface area contributed by atoms with Crippen molar-refractivity contribution in [1.82, 2.24) is 0 Å². The smallest absolute Gasteiger partial charge is 0.0118 e. The average molecular weight is 619 g/mol. The average Bonchev–Trinajstić information content (AvgIpc) is 3.03. The van der Waals surface area contributed by atoms with Gasteiger partial charge >= 0.3 is 0 Å². The molecule has 0 saturated heterocycles. The lowest BCUT2D eigenvalue weighted by Gasteiger charge is -2.52. The molecule has 2 aliphatic rings. The maximum absolute atomic E-state index is 2.61. The second-order valence-electron chi connectivity index (χ2n) is 17.2. The van der Waals surface area contributed by atoms with Crippen LogP contribution in [0.1, 0.15) is 126 Å². The van der Waals surface area contributed by atoms with Crippen LogP contribution < -0.4 is 0 Å². The van der Waals surface area contributed by atoms with Crippen LogP contribution in [0.15, 0.2) is 84.9 Å². The van der Waals surface area contributed by atoms with Crippen LogP contribution in [-0.2, 0) is 21.7 Å². The Labute approximate surface area is 284 Å². The van der Waals surface area contributed by atoms with E-state index in [2.05, 4.69) is 168 Å². The van der Waals surface area contributed by atoms with Gasteiger partial charge in [-0.25, -0.2) is 0 Å². The summed E-state index contributed by atoms with van der Waals surface area (Å²) in [6.45, 7) is 29.1. The summed E-state index contributed by atoms with van der Waals surface area (Å²) in [6, 6.07) is 33.6. The highest BCUT2D eigenvalue weighted by Gasteiger charge is 2.50. The molecule has 0 bridgehead atoms. The molecule has 0 fully saturated rings. The fraction of sp³-hybridized carbons (Fsp3) is 0.404. The fourth-order valence-electron chi connectivity index (χ4n) is 9.22. The number of hydrogen-bond donors (Lipinski definition) is 0. The predicted octanol–water partition coefficient (Wildman–Crippen LogP) is 13.1. The Hall–Kier alpha value is -3.64. The van der Waals surface area contributed by atoms with Crippen molar-refractivity contribution < 1.29 is 0 Å². The van der Waals surface area contributed by atoms with Gasteiger partial charge in [0.15, 0.2) is 0 Å². The molecule has 0 N–H and O–H groups in total. The van der Waals surface area contributed by atoms with Crippen LogP contribution in [0.2, 0.25) is 0 Å². The first-order valence-corrected chi connectivity index (χ1v) is 18.0. The molecule has 0 saturated carbocycles. The molecule has 0 radical (unpaired) electrons. The number of fused-ring (bicyclic) bond motifs is 8. The molecule has 0 aliphatic heterocycles. The van der Waals surface area contributed by atoms with Gasteiger partial charge in [-0.1, -0.05) is 154 Å². The van der Waals surface area contributed by atoms with Crippen molar-refractivity contribution in [2.24, 2.45) is 5.92 Å². The van der Waals surface area contributed by atoms with Gasteiger partial charge < -0.3 is 0 Å². The lowest BCUT2D eigenvalue weighted by molar-refractivity contribution is 0.292. The molecule has 0 nitrogen and oxygen atoms in total. The molecule has 2 unspecified atom stereocenters. The van der Waals surface area contributed by atoms with Gasteiger partial charge in [-0.15, -0.1) is 0 Å². The lowest BCUT2D eigenvalue weighted by atomic mass is 9.51. The Morgan fingerprint density at radius 3 is 1.81 bits per heavy atom. The largest absolute Gasteiger partial charge is 0.0651 e. The van der Waals surface area contributed by atoms with Crippen LogP contribution in [0, 0.1) is 19.8 Å². The van der Waals surface area contributed by atoms with Crippen molar-refractivity contribution in [3.8, 4) is 22.3 Å². The molecule has 5 aromatic rings. The molecule has 0 amide bonds. The molecule has 0 heteroatoms. The minimum atomic E-state index is -0.0729. The Bertz CT molecular complexity index is 2060. The van der Waals surface area contributed by atoms with Crippen molar-refractivity contribution in [2.75, 3.05) is 0 Å². The van der Waals surface area contributed by atoms with Crippen molar-refractivity contribution in [1.29, 1.82) is 0 Å². The maximum Gasteiger partial charge on any atom is 0.0118 e. The first-order valence-electron chi connectivity index (χ1n) is 18.0. The summed E-state index contributed by atoms with van der Waals surface area (Å²) in [5, 5.41) is 2.69. The highest BCUT2D eigenvalue weighted by atomic mass is 14.5. The summed E-state index contributed by atoms with van der Waals surface area (Å²) in [6.07, 6.45) is 1.15. The molecule has 2 atom stereocenters. The van der Waals surface area contributed by atoms with Crippen molar-refractivity contribution in [3.05, 3.63) is 129 Å². The molecule has 0 aromatic heterocycles. The number of benzene rings is 5. The molecule has 47 heavy (non-hydrogen) atoms.